The van der Waals surface area contributed by atoms with E-state index in [4.69, 9.17) is 0 Å². The molecule has 0 unspecified atom stereocenters. The Labute approximate surface area is 86.8 Å². The van der Waals surface area contributed by atoms with Gasteiger partial charge in [0.25, 0.3) is 0 Å². The molecule has 0 amide bonds. The first-order valence-electron chi connectivity index (χ1n) is 5.08. The van der Waals surface area contributed by atoms with Crippen LogP contribution in [0, 0.1) is 0 Å². The van der Waals surface area contributed by atoms with Crippen molar-refractivity contribution in [2.45, 2.75) is 32.7 Å². The fraction of sp³-hybridized carbons (Fsp3) is 0.385. The molecule has 0 heterocycles. The summed E-state index contributed by atoms with van der Waals surface area (Å²) < 4.78 is 0. The normalized spacial score (nSPS) is 11.1. The molecule has 0 aliphatic rings. The highest BCUT2D eigenvalue weighted by Crippen LogP contribution is 2.24. The van der Waals surface area contributed by atoms with Crippen molar-refractivity contribution >= 4 is 0 Å². The van der Waals surface area contributed by atoms with E-state index < -0.39 is 0 Å². The van der Waals surface area contributed by atoms with Crippen LogP contribution in [0.1, 0.15) is 31.9 Å². The molecule has 0 bridgehead atoms. The summed E-state index contributed by atoms with van der Waals surface area (Å²) in [7, 11) is 0. The number of rotatable bonds is 4. The number of aryl methyl sites for hydroxylation is 1. The van der Waals surface area contributed by atoms with Crippen molar-refractivity contribution in [1.82, 2.24) is 5.32 Å². The van der Waals surface area contributed by atoms with Crippen LogP contribution in [-0.2, 0) is 12.0 Å². The summed E-state index contributed by atoms with van der Waals surface area (Å²) in [6.07, 6.45) is 2.82. The molecule has 1 aromatic carbocycles. The first-order chi connectivity index (χ1) is 6.61. The van der Waals surface area contributed by atoms with Crippen LogP contribution in [0.4, 0.5) is 0 Å². The maximum absolute atomic E-state index is 3.72. The first kappa shape index (κ1) is 10.8. The lowest BCUT2D eigenvalue weighted by atomic mass is 9.89. The summed E-state index contributed by atoms with van der Waals surface area (Å²) in [6.45, 7) is 10.2. The van der Waals surface area contributed by atoms with Gasteiger partial charge in [0.15, 0.2) is 0 Å². The van der Waals surface area contributed by atoms with Crippen LogP contribution in [0.15, 0.2) is 37.0 Å². The zero-order valence-electron chi connectivity index (χ0n) is 9.30. The van der Waals surface area contributed by atoms with E-state index >= 15 is 0 Å². The Bertz CT molecular complexity index is 313. The molecular weight excluding hydrogens is 170 g/mol. The first-order valence-corrected chi connectivity index (χ1v) is 5.08. The predicted octanol–water partition coefficient (Wildman–Crippen LogP) is 3.22. The lowest BCUT2D eigenvalue weighted by Crippen LogP contribution is -2.33. The highest BCUT2D eigenvalue weighted by Gasteiger charge is 2.20. The Morgan fingerprint density at radius 3 is 2.57 bits per heavy atom. The van der Waals surface area contributed by atoms with Crippen molar-refractivity contribution in [2.75, 3.05) is 0 Å². The van der Waals surface area contributed by atoms with Crippen LogP contribution in [0.5, 0.6) is 0 Å². The van der Waals surface area contributed by atoms with Gasteiger partial charge in [-0.15, -0.1) is 0 Å². The van der Waals surface area contributed by atoms with Crippen molar-refractivity contribution in [2.24, 2.45) is 0 Å². The van der Waals surface area contributed by atoms with Gasteiger partial charge < -0.3 is 5.32 Å². The molecular formula is C13H19N. The molecule has 0 saturated carbocycles. The standard InChI is InChI=1S/C13H19N/c1-5-11-9-7-8-10-12(11)13(3,4)14-6-2/h6-10,14H,2,5H2,1,3-4H3. The third-order valence-corrected chi connectivity index (χ3v) is 2.53. The average Bonchev–Trinajstić information content (AvgIpc) is 2.18. The van der Waals surface area contributed by atoms with Gasteiger partial charge in [0.05, 0.1) is 5.54 Å². The van der Waals surface area contributed by atoms with Crippen LogP contribution < -0.4 is 5.32 Å². The number of benzene rings is 1. The topological polar surface area (TPSA) is 12.0 Å². The van der Waals surface area contributed by atoms with Crippen LogP contribution in [0.25, 0.3) is 0 Å². The van der Waals surface area contributed by atoms with Crippen molar-refractivity contribution in [3.8, 4) is 0 Å². The highest BCUT2D eigenvalue weighted by atomic mass is 14.9. The van der Waals surface area contributed by atoms with E-state index in [0.29, 0.717) is 0 Å². The molecule has 0 saturated heterocycles. The van der Waals surface area contributed by atoms with Gasteiger partial charge >= 0.3 is 0 Å². The van der Waals surface area contributed by atoms with Gasteiger partial charge in [0, 0.05) is 0 Å². The van der Waals surface area contributed by atoms with E-state index in [0.717, 1.165) is 6.42 Å². The molecule has 1 aromatic rings. The zero-order chi connectivity index (χ0) is 10.6. The van der Waals surface area contributed by atoms with Gasteiger partial charge in [-0.3, -0.25) is 0 Å². The van der Waals surface area contributed by atoms with Gasteiger partial charge in [-0.2, -0.15) is 0 Å². The summed E-state index contributed by atoms with van der Waals surface area (Å²) in [4.78, 5) is 0. The molecule has 0 fully saturated rings. The lowest BCUT2D eigenvalue weighted by molar-refractivity contribution is 0.462. The summed E-state index contributed by atoms with van der Waals surface area (Å²) >= 11 is 0. The van der Waals surface area contributed by atoms with Gasteiger partial charge in [-0.05, 0) is 37.6 Å². The number of hydrogen-bond donors (Lipinski definition) is 1. The minimum absolute atomic E-state index is 0.0334. The van der Waals surface area contributed by atoms with E-state index in [1.54, 1.807) is 6.20 Å². The second-order valence-electron chi connectivity index (χ2n) is 3.98. The molecule has 0 aromatic heterocycles. The smallest absolute Gasteiger partial charge is 0.0566 e. The minimum atomic E-state index is -0.0334. The largest absolute Gasteiger partial charge is 0.382 e. The Balaban J connectivity index is 3.09. The number of nitrogens with one attached hydrogen (secondary N) is 1. The monoisotopic (exact) mass is 189 g/mol. The van der Waals surface area contributed by atoms with Gasteiger partial charge in [0.1, 0.15) is 0 Å². The summed E-state index contributed by atoms with van der Waals surface area (Å²) in [6, 6.07) is 8.53. The molecule has 14 heavy (non-hydrogen) atoms. The SMILES string of the molecule is C=CNC(C)(C)c1ccccc1CC. The quantitative estimate of drug-likeness (QED) is 0.767. The van der Waals surface area contributed by atoms with Gasteiger partial charge in [-0.25, -0.2) is 0 Å². The summed E-state index contributed by atoms with van der Waals surface area (Å²) in [5.41, 5.74) is 2.71. The van der Waals surface area contributed by atoms with Crippen LogP contribution in [0.2, 0.25) is 0 Å². The van der Waals surface area contributed by atoms with E-state index in [2.05, 4.69) is 56.9 Å². The van der Waals surface area contributed by atoms with Crippen LogP contribution in [-0.4, -0.2) is 0 Å². The van der Waals surface area contributed by atoms with E-state index in [-0.39, 0.29) is 5.54 Å². The fourth-order valence-corrected chi connectivity index (χ4v) is 1.77. The van der Waals surface area contributed by atoms with Crippen molar-refractivity contribution in [3.05, 3.63) is 48.2 Å². The molecule has 0 aliphatic heterocycles. The zero-order valence-corrected chi connectivity index (χ0v) is 9.30. The molecule has 0 atom stereocenters. The van der Waals surface area contributed by atoms with Gasteiger partial charge in [-0.1, -0.05) is 37.8 Å². The minimum Gasteiger partial charge on any atom is -0.382 e. The Morgan fingerprint density at radius 1 is 1.36 bits per heavy atom. The molecule has 0 radical (unpaired) electrons. The average molecular weight is 189 g/mol. The molecule has 1 rings (SSSR count). The highest BCUT2D eigenvalue weighted by molar-refractivity contribution is 5.33. The Hall–Kier alpha value is -1.24. The fourth-order valence-electron chi connectivity index (χ4n) is 1.77. The van der Waals surface area contributed by atoms with E-state index in [1.165, 1.54) is 11.1 Å². The lowest BCUT2D eigenvalue weighted by Gasteiger charge is -2.28. The summed E-state index contributed by atoms with van der Waals surface area (Å²) in [5, 5.41) is 3.28. The summed E-state index contributed by atoms with van der Waals surface area (Å²) in [5.74, 6) is 0. The molecule has 1 heteroatoms. The van der Waals surface area contributed by atoms with Crippen molar-refractivity contribution in [1.29, 1.82) is 0 Å². The third-order valence-electron chi connectivity index (χ3n) is 2.53. The third kappa shape index (κ3) is 2.16. The maximum Gasteiger partial charge on any atom is 0.0566 e. The molecule has 0 aliphatic carbocycles. The Morgan fingerprint density at radius 2 is 2.00 bits per heavy atom. The second-order valence-corrected chi connectivity index (χ2v) is 3.98. The molecule has 76 valence electrons. The van der Waals surface area contributed by atoms with Crippen molar-refractivity contribution < 1.29 is 0 Å². The molecule has 1 nitrogen and oxygen atoms in total. The number of hydrogen-bond acceptors (Lipinski definition) is 1. The maximum atomic E-state index is 3.72. The van der Waals surface area contributed by atoms with Crippen LogP contribution >= 0.6 is 0 Å². The van der Waals surface area contributed by atoms with Crippen LogP contribution in [0.3, 0.4) is 0 Å². The predicted molar refractivity (Wildman–Crippen MR) is 62.2 cm³/mol. The van der Waals surface area contributed by atoms with E-state index in [1.807, 2.05) is 0 Å². The van der Waals surface area contributed by atoms with Gasteiger partial charge in [0.2, 0.25) is 0 Å². The Kier molecular flexibility index (Phi) is 3.34. The molecule has 1 N–H and O–H groups in total. The van der Waals surface area contributed by atoms with E-state index in [9.17, 15) is 0 Å². The second kappa shape index (κ2) is 4.32. The van der Waals surface area contributed by atoms with Crippen molar-refractivity contribution in [3.63, 3.8) is 0 Å². The molecule has 0 spiro atoms.